The molecule has 0 spiro atoms. The van der Waals surface area contributed by atoms with E-state index < -0.39 is 10.0 Å². The van der Waals surface area contributed by atoms with Gasteiger partial charge in [-0.25, -0.2) is 8.42 Å². The lowest BCUT2D eigenvalue weighted by Gasteiger charge is -2.21. The number of hydrogen-bond acceptors (Lipinski definition) is 4. The van der Waals surface area contributed by atoms with Crippen LogP contribution in [0.15, 0.2) is 23.1 Å². The van der Waals surface area contributed by atoms with Gasteiger partial charge >= 0.3 is 0 Å². The van der Waals surface area contributed by atoms with Crippen molar-refractivity contribution in [1.82, 2.24) is 4.31 Å². The molecule has 0 bridgehead atoms. The van der Waals surface area contributed by atoms with Crippen molar-refractivity contribution in [3.05, 3.63) is 23.8 Å². The lowest BCUT2D eigenvalue weighted by atomic mass is 10.1. The van der Waals surface area contributed by atoms with Gasteiger partial charge in [-0.15, -0.1) is 12.4 Å². The zero-order valence-electron chi connectivity index (χ0n) is 13.9. The Labute approximate surface area is 149 Å². The van der Waals surface area contributed by atoms with Crippen molar-refractivity contribution in [2.45, 2.75) is 37.6 Å². The second-order valence-electron chi connectivity index (χ2n) is 6.49. The lowest BCUT2D eigenvalue weighted by Crippen LogP contribution is -2.33. The zero-order valence-corrected chi connectivity index (χ0v) is 15.6. The van der Waals surface area contributed by atoms with Crippen LogP contribution in [0.4, 0.5) is 5.69 Å². The van der Waals surface area contributed by atoms with E-state index in [0.29, 0.717) is 31.0 Å². The molecule has 24 heavy (non-hydrogen) atoms. The van der Waals surface area contributed by atoms with Gasteiger partial charge in [0.25, 0.3) is 0 Å². The topological polar surface area (TPSA) is 83.7 Å². The third-order valence-corrected chi connectivity index (χ3v) is 6.69. The number of benzene rings is 1. The number of hydrogen-bond donors (Lipinski definition) is 1. The van der Waals surface area contributed by atoms with Crippen molar-refractivity contribution in [2.24, 2.45) is 11.7 Å². The highest BCUT2D eigenvalue weighted by molar-refractivity contribution is 7.89. The van der Waals surface area contributed by atoms with Crippen LogP contribution in [0.3, 0.4) is 0 Å². The molecule has 2 heterocycles. The maximum atomic E-state index is 12.8. The van der Waals surface area contributed by atoms with Gasteiger partial charge in [0, 0.05) is 31.7 Å². The summed E-state index contributed by atoms with van der Waals surface area (Å²) in [4.78, 5) is 13.8. The van der Waals surface area contributed by atoms with Gasteiger partial charge in [-0.2, -0.15) is 4.31 Å². The second-order valence-corrected chi connectivity index (χ2v) is 8.42. The van der Waals surface area contributed by atoms with Crippen molar-refractivity contribution in [1.29, 1.82) is 0 Å². The largest absolute Gasteiger partial charge is 0.330 e. The minimum Gasteiger partial charge on any atom is -0.330 e. The Morgan fingerprint density at radius 2 is 2.08 bits per heavy atom. The normalized spacial score (nSPS) is 23.9. The van der Waals surface area contributed by atoms with Crippen LogP contribution in [-0.4, -0.2) is 44.3 Å². The summed E-state index contributed by atoms with van der Waals surface area (Å²) in [7, 11) is -3.48. The van der Waals surface area contributed by atoms with E-state index in [1.165, 1.54) is 11.2 Å². The van der Waals surface area contributed by atoms with E-state index >= 15 is 0 Å². The number of nitrogens with two attached hydrogens (primary N) is 1. The van der Waals surface area contributed by atoms with Gasteiger partial charge in [0.15, 0.2) is 0 Å². The summed E-state index contributed by atoms with van der Waals surface area (Å²) < 4.78 is 27.1. The van der Waals surface area contributed by atoms with Crippen LogP contribution in [0.5, 0.6) is 0 Å². The van der Waals surface area contributed by atoms with Crippen molar-refractivity contribution >= 4 is 34.0 Å². The van der Waals surface area contributed by atoms with Gasteiger partial charge < -0.3 is 10.6 Å². The molecule has 0 aromatic heterocycles. The quantitative estimate of drug-likeness (QED) is 0.867. The third-order valence-electron chi connectivity index (χ3n) is 4.83. The minimum atomic E-state index is -3.48. The van der Waals surface area contributed by atoms with E-state index in [1.807, 2.05) is 6.92 Å². The van der Waals surface area contributed by atoms with Crippen LogP contribution in [0.1, 0.15) is 25.8 Å². The summed E-state index contributed by atoms with van der Waals surface area (Å²) in [6, 6.07) is 5.15. The van der Waals surface area contributed by atoms with Crippen LogP contribution >= 0.6 is 12.4 Å². The summed E-state index contributed by atoms with van der Waals surface area (Å²) in [6.07, 6.45) is 1.50. The van der Waals surface area contributed by atoms with E-state index in [-0.39, 0.29) is 30.3 Å². The molecule has 2 aliphatic rings. The molecule has 1 fully saturated rings. The Kier molecular flexibility index (Phi) is 5.59. The fourth-order valence-electron chi connectivity index (χ4n) is 3.60. The molecule has 2 aliphatic heterocycles. The Balaban J connectivity index is 0.00000208. The average molecular weight is 374 g/mol. The number of rotatable bonds is 3. The molecular weight excluding hydrogens is 350 g/mol. The first-order valence-corrected chi connectivity index (χ1v) is 9.41. The molecule has 2 unspecified atom stereocenters. The highest BCUT2D eigenvalue weighted by atomic mass is 35.5. The van der Waals surface area contributed by atoms with Gasteiger partial charge in [-0.3, -0.25) is 4.79 Å². The number of carbonyl (C=O) groups is 1. The highest BCUT2D eigenvalue weighted by Gasteiger charge is 2.34. The first-order chi connectivity index (χ1) is 10.8. The third kappa shape index (κ3) is 3.18. The first-order valence-electron chi connectivity index (χ1n) is 7.97. The smallest absolute Gasteiger partial charge is 0.243 e. The van der Waals surface area contributed by atoms with Crippen molar-refractivity contribution in [2.75, 3.05) is 24.5 Å². The van der Waals surface area contributed by atoms with Crippen LogP contribution < -0.4 is 10.6 Å². The van der Waals surface area contributed by atoms with E-state index in [4.69, 9.17) is 5.73 Å². The van der Waals surface area contributed by atoms with Crippen LogP contribution in [0, 0.1) is 5.92 Å². The van der Waals surface area contributed by atoms with E-state index in [0.717, 1.165) is 17.7 Å². The molecule has 1 aromatic carbocycles. The Morgan fingerprint density at radius 1 is 1.38 bits per heavy atom. The SMILES string of the molecule is CC(=O)N1c2ccc(S(=O)(=O)N3CCC(CN)C3)cc2CC1C.Cl. The maximum absolute atomic E-state index is 12.8. The van der Waals surface area contributed by atoms with Crippen LogP contribution in [0.25, 0.3) is 0 Å². The molecule has 8 heteroatoms. The summed E-state index contributed by atoms with van der Waals surface area (Å²) in [5.74, 6) is 0.226. The number of carbonyl (C=O) groups excluding carboxylic acids is 1. The first kappa shape index (κ1) is 19.2. The predicted molar refractivity (Wildman–Crippen MR) is 95.9 cm³/mol. The van der Waals surface area contributed by atoms with E-state index in [1.54, 1.807) is 23.1 Å². The van der Waals surface area contributed by atoms with Gasteiger partial charge in [0.1, 0.15) is 0 Å². The number of halogens is 1. The number of anilines is 1. The molecule has 2 atom stereocenters. The van der Waals surface area contributed by atoms with Crippen molar-refractivity contribution < 1.29 is 13.2 Å². The molecule has 1 amide bonds. The molecule has 3 rings (SSSR count). The Bertz CT molecular complexity index is 738. The Hall–Kier alpha value is -1.15. The molecule has 0 radical (unpaired) electrons. The molecule has 0 saturated carbocycles. The second kappa shape index (κ2) is 7.00. The average Bonchev–Trinajstić information content (AvgIpc) is 3.09. The van der Waals surface area contributed by atoms with E-state index in [2.05, 4.69) is 0 Å². The fourth-order valence-corrected chi connectivity index (χ4v) is 5.19. The van der Waals surface area contributed by atoms with Crippen LogP contribution in [0.2, 0.25) is 0 Å². The Morgan fingerprint density at radius 3 is 2.67 bits per heavy atom. The summed E-state index contributed by atoms with van der Waals surface area (Å²) in [5.41, 5.74) is 7.40. The number of fused-ring (bicyclic) bond motifs is 1. The fraction of sp³-hybridized carbons (Fsp3) is 0.562. The lowest BCUT2D eigenvalue weighted by molar-refractivity contribution is -0.116. The zero-order chi connectivity index (χ0) is 16.8. The predicted octanol–water partition coefficient (Wildman–Crippen LogP) is 1.38. The molecule has 2 N–H and O–H groups in total. The molecular formula is C16H24ClN3O3S. The molecule has 6 nitrogen and oxygen atoms in total. The van der Waals surface area contributed by atoms with Gasteiger partial charge in [0.05, 0.1) is 4.90 Å². The van der Waals surface area contributed by atoms with E-state index in [9.17, 15) is 13.2 Å². The van der Waals surface area contributed by atoms with Crippen molar-refractivity contribution in [3.63, 3.8) is 0 Å². The number of amides is 1. The van der Waals surface area contributed by atoms with Crippen LogP contribution in [-0.2, 0) is 21.2 Å². The van der Waals surface area contributed by atoms with Gasteiger partial charge in [-0.1, -0.05) is 0 Å². The monoisotopic (exact) mass is 373 g/mol. The summed E-state index contributed by atoms with van der Waals surface area (Å²) in [5, 5.41) is 0. The maximum Gasteiger partial charge on any atom is 0.243 e. The number of sulfonamides is 1. The summed E-state index contributed by atoms with van der Waals surface area (Å²) in [6.45, 7) is 5.04. The highest BCUT2D eigenvalue weighted by Crippen LogP contribution is 2.35. The molecule has 0 aliphatic carbocycles. The minimum absolute atomic E-state index is 0. The molecule has 1 saturated heterocycles. The van der Waals surface area contributed by atoms with Gasteiger partial charge in [0.2, 0.25) is 15.9 Å². The molecule has 1 aromatic rings. The van der Waals surface area contributed by atoms with Gasteiger partial charge in [-0.05, 0) is 56.0 Å². The van der Waals surface area contributed by atoms with Crippen molar-refractivity contribution in [3.8, 4) is 0 Å². The summed E-state index contributed by atoms with van der Waals surface area (Å²) >= 11 is 0. The molecule has 134 valence electrons. The standard InChI is InChI=1S/C16H23N3O3S.ClH/c1-11-7-14-8-15(3-4-16(14)19(11)12(2)20)23(21,22)18-6-5-13(9-17)10-18;/h3-4,8,11,13H,5-7,9-10,17H2,1-2H3;1H. The number of nitrogens with zero attached hydrogens (tertiary/aromatic N) is 2.